The molecule has 1 aromatic rings. The molecule has 0 unspecified atom stereocenters. The van der Waals surface area contributed by atoms with Crippen LogP contribution in [0.5, 0.6) is 5.75 Å². The molecule has 7 nitrogen and oxygen atoms in total. The number of halogens is 2. The number of benzene rings is 1. The molecule has 0 heterocycles. The van der Waals surface area contributed by atoms with Gasteiger partial charge in [0.2, 0.25) is 0 Å². The monoisotopic (exact) mass is 360 g/mol. The second-order valence-corrected chi connectivity index (χ2v) is 5.08. The predicted octanol–water partition coefficient (Wildman–Crippen LogP) is 1.94. The van der Waals surface area contributed by atoms with Gasteiger partial charge in [-0.2, -0.15) is 0 Å². The van der Waals surface area contributed by atoms with Crippen LogP contribution in [0.3, 0.4) is 0 Å². The standard InChI is InChI=1S/C14H14Cl2N2O5/c1-2-10(23-11-7-8(15)3-4-9(11)16)14(22)18-17-12(19)5-6-13(20)21/h3-7,10H,2H2,1H3,(H,17,19)(H,18,22)(H,20,21)/b6-5+/t10-/m0/s1. The van der Waals surface area contributed by atoms with Crippen molar-refractivity contribution in [3.8, 4) is 5.75 Å². The third-order valence-corrected chi connectivity index (χ3v) is 3.06. The van der Waals surface area contributed by atoms with Crippen LogP contribution in [0.25, 0.3) is 0 Å². The van der Waals surface area contributed by atoms with Gasteiger partial charge in [-0.05, 0) is 18.6 Å². The quantitative estimate of drug-likeness (QED) is 0.531. The van der Waals surface area contributed by atoms with Crippen molar-refractivity contribution in [2.75, 3.05) is 0 Å². The van der Waals surface area contributed by atoms with Gasteiger partial charge in [-0.25, -0.2) is 4.79 Å². The summed E-state index contributed by atoms with van der Waals surface area (Å²) in [6.07, 6.45) is 0.782. The van der Waals surface area contributed by atoms with Gasteiger partial charge < -0.3 is 9.84 Å². The van der Waals surface area contributed by atoms with Gasteiger partial charge in [0.25, 0.3) is 11.8 Å². The molecule has 0 radical (unpaired) electrons. The van der Waals surface area contributed by atoms with Crippen LogP contribution in [-0.4, -0.2) is 29.0 Å². The first-order valence-corrected chi connectivity index (χ1v) is 7.21. The molecule has 9 heteroatoms. The second kappa shape index (κ2) is 9.02. The lowest BCUT2D eigenvalue weighted by molar-refractivity contribution is -0.132. The lowest BCUT2D eigenvalue weighted by Gasteiger charge is -2.18. The molecular weight excluding hydrogens is 347 g/mol. The fourth-order valence-electron chi connectivity index (χ4n) is 1.44. The number of carboxylic acid groups (broad SMARTS) is 1. The zero-order valence-electron chi connectivity index (χ0n) is 12.0. The summed E-state index contributed by atoms with van der Waals surface area (Å²) < 4.78 is 5.48. The number of hydrogen-bond donors (Lipinski definition) is 3. The number of carbonyl (C=O) groups is 3. The lowest BCUT2D eigenvalue weighted by Crippen LogP contribution is -2.47. The number of aliphatic carboxylic acids is 1. The number of rotatable bonds is 6. The van der Waals surface area contributed by atoms with Gasteiger partial charge >= 0.3 is 5.97 Å². The van der Waals surface area contributed by atoms with Crippen molar-refractivity contribution >= 4 is 41.0 Å². The summed E-state index contributed by atoms with van der Waals surface area (Å²) >= 11 is 11.8. The van der Waals surface area contributed by atoms with E-state index in [-0.39, 0.29) is 10.8 Å². The summed E-state index contributed by atoms with van der Waals surface area (Å²) in [5, 5.41) is 9.06. The van der Waals surface area contributed by atoms with Crippen LogP contribution in [-0.2, 0) is 14.4 Å². The van der Waals surface area contributed by atoms with Gasteiger partial charge in [-0.1, -0.05) is 30.1 Å². The Hall–Kier alpha value is -2.25. The van der Waals surface area contributed by atoms with E-state index in [1.165, 1.54) is 12.1 Å². The van der Waals surface area contributed by atoms with Crippen molar-refractivity contribution < 1.29 is 24.2 Å². The van der Waals surface area contributed by atoms with E-state index in [0.717, 1.165) is 6.08 Å². The molecule has 0 saturated heterocycles. The van der Waals surface area contributed by atoms with Crippen molar-refractivity contribution in [3.05, 3.63) is 40.4 Å². The number of carbonyl (C=O) groups excluding carboxylic acids is 2. The van der Waals surface area contributed by atoms with Crippen LogP contribution in [0, 0.1) is 0 Å². The Labute approximate surface area is 142 Å². The van der Waals surface area contributed by atoms with E-state index in [4.69, 9.17) is 33.0 Å². The van der Waals surface area contributed by atoms with Crippen LogP contribution in [0.2, 0.25) is 10.0 Å². The van der Waals surface area contributed by atoms with Crippen LogP contribution >= 0.6 is 23.2 Å². The van der Waals surface area contributed by atoms with Gasteiger partial charge in [0, 0.05) is 23.2 Å². The summed E-state index contributed by atoms with van der Waals surface area (Å²) in [5.74, 6) is -2.47. The average Bonchev–Trinajstić information content (AvgIpc) is 2.51. The van der Waals surface area contributed by atoms with Crippen molar-refractivity contribution in [1.29, 1.82) is 0 Å². The molecule has 0 aliphatic carbocycles. The smallest absolute Gasteiger partial charge is 0.328 e. The number of ether oxygens (including phenoxy) is 1. The summed E-state index contributed by atoms with van der Waals surface area (Å²) in [7, 11) is 0. The minimum atomic E-state index is -1.28. The first-order valence-electron chi connectivity index (χ1n) is 6.46. The first kappa shape index (κ1) is 18.8. The van der Waals surface area contributed by atoms with Crippen molar-refractivity contribution in [1.82, 2.24) is 10.9 Å². The number of carboxylic acids is 1. The average molecular weight is 361 g/mol. The molecule has 1 atom stereocenters. The van der Waals surface area contributed by atoms with E-state index in [1.807, 2.05) is 5.43 Å². The Morgan fingerprint density at radius 1 is 1.26 bits per heavy atom. The number of hydrogen-bond acceptors (Lipinski definition) is 4. The maximum absolute atomic E-state index is 12.0. The molecule has 2 amide bonds. The maximum Gasteiger partial charge on any atom is 0.328 e. The summed E-state index contributed by atoms with van der Waals surface area (Å²) in [6, 6.07) is 4.57. The highest BCUT2D eigenvalue weighted by molar-refractivity contribution is 6.34. The zero-order chi connectivity index (χ0) is 17.4. The van der Waals surface area contributed by atoms with Crippen LogP contribution in [0.4, 0.5) is 0 Å². The van der Waals surface area contributed by atoms with E-state index in [0.29, 0.717) is 17.5 Å². The van der Waals surface area contributed by atoms with E-state index in [2.05, 4.69) is 5.43 Å². The molecule has 3 N–H and O–H groups in total. The fourth-order valence-corrected chi connectivity index (χ4v) is 1.76. The van der Waals surface area contributed by atoms with Crippen molar-refractivity contribution in [2.24, 2.45) is 0 Å². The van der Waals surface area contributed by atoms with Crippen molar-refractivity contribution in [3.63, 3.8) is 0 Å². The number of amides is 2. The third-order valence-electron chi connectivity index (χ3n) is 2.51. The minimum Gasteiger partial charge on any atom is -0.479 e. The maximum atomic E-state index is 12.0. The topological polar surface area (TPSA) is 105 Å². The minimum absolute atomic E-state index is 0.235. The van der Waals surface area contributed by atoms with E-state index < -0.39 is 23.9 Å². The highest BCUT2D eigenvalue weighted by Gasteiger charge is 2.20. The Balaban J connectivity index is 2.63. The molecule has 0 fully saturated rings. The SMILES string of the molecule is CC[C@H](Oc1cc(Cl)ccc1Cl)C(=O)NNC(=O)/C=C/C(=O)O. The molecule has 0 aliphatic rings. The summed E-state index contributed by atoms with van der Waals surface area (Å²) in [5.41, 5.74) is 4.16. The van der Waals surface area contributed by atoms with Crippen LogP contribution < -0.4 is 15.6 Å². The molecular formula is C14H14Cl2N2O5. The molecule has 0 bridgehead atoms. The van der Waals surface area contributed by atoms with Gasteiger partial charge in [0.05, 0.1) is 5.02 Å². The van der Waals surface area contributed by atoms with E-state index in [9.17, 15) is 14.4 Å². The molecule has 23 heavy (non-hydrogen) atoms. The Morgan fingerprint density at radius 3 is 2.57 bits per heavy atom. The molecule has 0 spiro atoms. The van der Waals surface area contributed by atoms with Gasteiger partial charge in [-0.15, -0.1) is 0 Å². The Morgan fingerprint density at radius 2 is 1.96 bits per heavy atom. The molecule has 0 saturated carbocycles. The van der Waals surface area contributed by atoms with E-state index in [1.54, 1.807) is 13.0 Å². The summed E-state index contributed by atoms with van der Waals surface area (Å²) in [4.78, 5) is 33.5. The number of nitrogens with one attached hydrogen (secondary N) is 2. The molecule has 0 aromatic heterocycles. The summed E-state index contributed by atoms with van der Waals surface area (Å²) in [6.45, 7) is 1.70. The lowest BCUT2D eigenvalue weighted by atomic mass is 10.2. The molecule has 124 valence electrons. The second-order valence-electron chi connectivity index (χ2n) is 4.24. The predicted molar refractivity (Wildman–Crippen MR) is 84.2 cm³/mol. The van der Waals surface area contributed by atoms with Gasteiger partial charge in [0.1, 0.15) is 5.75 Å². The third kappa shape index (κ3) is 6.58. The van der Waals surface area contributed by atoms with E-state index >= 15 is 0 Å². The highest BCUT2D eigenvalue weighted by atomic mass is 35.5. The fraction of sp³-hybridized carbons (Fsp3) is 0.214. The van der Waals surface area contributed by atoms with Crippen molar-refractivity contribution in [2.45, 2.75) is 19.4 Å². The van der Waals surface area contributed by atoms with Gasteiger partial charge in [0.15, 0.2) is 6.10 Å². The normalized spacial score (nSPS) is 11.8. The first-order chi connectivity index (χ1) is 10.8. The Bertz CT molecular complexity index is 634. The largest absolute Gasteiger partial charge is 0.479 e. The molecule has 1 rings (SSSR count). The molecule has 1 aromatic carbocycles. The van der Waals surface area contributed by atoms with Gasteiger partial charge in [-0.3, -0.25) is 20.4 Å². The Kier molecular flexibility index (Phi) is 7.37. The van der Waals surface area contributed by atoms with Crippen LogP contribution in [0.15, 0.2) is 30.4 Å². The zero-order valence-corrected chi connectivity index (χ0v) is 13.5. The molecule has 0 aliphatic heterocycles. The van der Waals surface area contributed by atoms with Crippen LogP contribution in [0.1, 0.15) is 13.3 Å². The number of hydrazine groups is 1. The highest BCUT2D eigenvalue weighted by Crippen LogP contribution is 2.28.